The standard InChI is InChI=1S/C17H19NO2/c1-19-16-11-15-14(8-5-9-18-15)10-17(16)20-12-13-6-3-2-4-7-13/h2-4,6-7,10-11,18H,5,8-9,12H2,1H3. The van der Waals surface area contributed by atoms with Gasteiger partial charge in [-0.05, 0) is 30.0 Å². The maximum Gasteiger partial charge on any atom is 0.162 e. The number of hydrogen-bond acceptors (Lipinski definition) is 3. The van der Waals surface area contributed by atoms with Gasteiger partial charge in [-0.1, -0.05) is 30.3 Å². The lowest BCUT2D eigenvalue weighted by Crippen LogP contribution is -2.12. The van der Waals surface area contributed by atoms with Crippen molar-refractivity contribution in [1.29, 1.82) is 0 Å². The lowest BCUT2D eigenvalue weighted by molar-refractivity contribution is 0.284. The molecule has 0 saturated carbocycles. The molecule has 0 amide bonds. The Bertz CT molecular complexity index is 581. The van der Waals surface area contributed by atoms with Crippen molar-refractivity contribution in [2.24, 2.45) is 0 Å². The molecule has 0 atom stereocenters. The van der Waals surface area contributed by atoms with E-state index in [1.807, 2.05) is 24.3 Å². The van der Waals surface area contributed by atoms with E-state index in [0.717, 1.165) is 36.4 Å². The molecule has 1 aliphatic rings. The van der Waals surface area contributed by atoms with Crippen LogP contribution < -0.4 is 14.8 Å². The Morgan fingerprint density at radius 2 is 1.95 bits per heavy atom. The molecule has 20 heavy (non-hydrogen) atoms. The fraction of sp³-hybridized carbons (Fsp3) is 0.294. The SMILES string of the molecule is COc1cc2c(cc1OCc1ccccc1)CCCN2. The van der Waals surface area contributed by atoms with Crippen LogP contribution in [-0.4, -0.2) is 13.7 Å². The molecule has 0 saturated heterocycles. The van der Waals surface area contributed by atoms with Crippen LogP contribution in [-0.2, 0) is 13.0 Å². The number of anilines is 1. The van der Waals surface area contributed by atoms with E-state index in [0.29, 0.717) is 6.61 Å². The van der Waals surface area contributed by atoms with Crippen LogP contribution in [0, 0.1) is 0 Å². The summed E-state index contributed by atoms with van der Waals surface area (Å²) in [6, 6.07) is 14.3. The van der Waals surface area contributed by atoms with Gasteiger partial charge in [-0.3, -0.25) is 0 Å². The second kappa shape index (κ2) is 5.87. The molecule has 0 spiro atoms. The zero-order valence-corrected chi connectivity index (χ0v) is 11.7. The molecule has 1 aliphatic heterocycles. The molecule has 3 nitrogen and oxygen atoms in total. The zero-order valence-electron chi connectivity index (χ0n) is 11.7. The van der Waals surface area contributed by atoms with Crippen LogP contribution in [0.2, 0.25) is 0 Å². The maximum atomic E-state index is 5.93. The van der Waals surface area contributed by atoms with E-state index < -0.39 is 0 Å². The van der Waals surface area contributed by atoms with Crippen LogP contribution in [0.25, 0.3) is 0 Å². The summed E-state index contributed by atoms with van der Waals surface area (Å²) >= 11 is 0. The van der Waals surface area contributed by atoms with Gasteiger partial charge in [0.15, 0.2) is 11.5 Å². The van der Waals surface area contributed by atoms with E-state index in [2.05, 4.69) is 23.5 Å². The van der Waals surface area contributed by atoms with Crippen molar-refractivity contribution in [3.05, 3.63) is 53.6 Å². The summed E-state index contributed by atoms with van der Waals surface area (Å²) in [6.07, 6.45) is 2.26. The van der Waals surface area contributed by atoms with Gasteiger partial charge >= 0.3 is 0 Å². The second-order valence-electron chi connectivity index (χ2n) is 4.96. The third-order valence-corrected chi connectivity index (χ3v) is 3.56. The monoisotopic (exact) mass is 269 g/mol. The first-order chi connectivity index (χ1) is 9.86. The number of fused-ring (bicyclic) bond motifs is 1. The topological polar surface area (TPSA) is 30.5 Å². The number of hydrogen-bond donors (Lipinski definition) is 1. The van der Waals surface area contributed by atoms with Gasteiger partial charge in [-0.2, -0.15) is 0 Å². The highest BCUT2D eigenvalue weighted by molar-refractivity contribution is 5.61. The van der Waals surface area contributed by atoms with Gasteiger partial charge in [0, 0.05) is 18.3 Å². The summed E-state index contributed by atoms with van der Waals surface area (Å²) in [7, 11) is 1.68. The smallest absolute Gasteiger partial charge is 0.162 e. The van der Waals surface area contributed by atoms with E-state index in [-0.39, 0.29) is 0 Å². The van der Waals surface area contributed by atoms with Crippen molar-refractivity contribution in [1.82, 2.24) is 0 Å². The highest BCUT2D eigenvalue weighted by Gasteiger charge is 2.14. The fourth-order valence-corrected chi connectivity index (χ4v) is 2.48. The highest BCUT2D eigenvalue weighted by Crippen LogP contribution is 2.36. The van der Waals surface area contributed by atoms with E-state index in [1.54, 1.807) is 7.11 Å². The molecule has 0 radical (unpaired) electrons. The lowest BCUT2D eigenvalue weighted by Gasteiger charge is -2.21. The van der Waals surface area contributed by atoms with Crippen molar-refractivity contribution in [2.45, 2.75) is 19.4 Å². The van der Waals surface area contributed by atoms with Crippen LogP contribution in [0.4, 0.5) is 5.69 Å². The summed E-state index contributed by atoms with van der Waals surface area (Å²) in [4.78, 5) is 0. The molecular formula is C17H19NO2. The van der Waals surface area contributed by atoms with Gasteiger partial charge in [-0.15, -0.1) is 0 Å². The molecule has 104 valence electrons. The number of benzene rings is 2. The van der Waals surface area contributed by atoms with Gasteiger partial charge in [0.1, 0.15) is 6.61 Å². The van der Waals surface area contributed by atoms with Gasteiger partial charge in [-0.25, -0.2) is 0 Å². The van der Waals surface area contributed by atoms with Crippen LogP contribution in [0.5, 0.6) is 11.5 Å². The first-order valence-electron chi connectivity index (χ1n) is 6.98. The lowest BCUT2D eigenvalue weighted by atomic mass is 10.0. The van der Waals surface area contributed by atoms with E-state index >= 15 is 0 Å². The Kier molecular flexibility index (Phi) is 3.77. The van der Waals surface area contributed by atoms with Crippen molar-refractivity contribution in [3.8, 4) is 11.5 Å². The molecule has 2 aromatic carbocycles. The summed E-state index contributed by atoms with van der Waals surface area (Å²) < 4.78 is 11.4. The first kappa shape index (κ1) is 12.9. The predicted octanol–water partition coefficient (Wildman–Crippen LogP) is 3.63. The van der Waals surface area contributed by atoms with Crippen LogP contribution in [0.15, 0.2) is 42.5 Å². The van der Waals surface area contributed by atoms with Crippen LogP contribution >= 0.6 is 0 Å². The first-order valence-corrected chi connectivity index (χ1v) is 6.98. The summed E-state index contributed by atoms with van der Waals surface area (Å²) in [5.74, 6) is 1.60. The number of aryl methyl sites for hydroxylation is 1. The molecule has 0 aromatic heterocycles. The van der Waals surface area contributed by atoms with E-state index in [4.69, 9.17) is 9.47 Å². The molecule has 0 bridgehead atoms. The summed E-state index contributed by atoms with van der Waals surface area (Å²) in [5, 5.41) is 3.40. The van der Waals surface area contributed by atoms with E-state index in [1.165, 1.54) is 11.3 Å². The van der Waals surface area contributed by atoms with Gasteiger partial charge < -0.3 is 14.8 Å². The molecule has 3 rings (SSSR count). The molecule has 0 fully saturated rings. The maximum absolute atomic E-state index is 5.93. The van der Waals surface area contributed by atoms with Gasteiger partial charge in [0.25, 0.3) is 0 Å². The largest absolute Gasteiger partial charge is 0.493 e. The zero-order chi connectivity index (χ0) is 13.8. The number of ether oxygens (including phenoxy) is 2. The molecule has 2 aromatic rings. The Hall–Kier alpha value is -2.16. The highest BCUT2D eigenvalue weighted by atomic mass is 16.5. The predicted molar refractivity (Wildman–Crippen MR) is 80.6 cm³/mol. The van der Waals surface area contributed by atoms with Crippen LogP contribution in [0.3, 0.4) is 0 Å². The fourth-order valence-electron chi connectivity index (χ4n) is 2.48. The van der Waals surface area contributed by atoms with Crippen molar-refractivity contribution < 1.29 is 9.47 Å². The third kappa shape index (κ3) is 2.72. The Morgan fingerprint density at radius 3 is 2.75 bits per heavy atom. The molecule has 1 heterocycles. The Morgan fingerprint density at radius 1 is 1.10 bits per heavy atom. The molecule has 0 aliphatic carbocycles. The average molecular weight is 269 g/mol. The number of rotatable bonds is 4. The normalized spacial score (nSPS) is 13.2. The quantitative estimate of drug-likeness (QED) is 0.919. The molecule has 1 N–H and O–H groups in total. The van der Waals surface area contributed by atoms with Crippen molar-refractivity contribution >= 4 is 5.69 Å². The summed E-state index contributed by atoms with van der Waals surface area (Å²) in [5.41, 5.74) is 3.63. The van der Waals surface area contributed by atoms with Gasteiger partial charge in [0.2, 0.25) is 0 Å². The average Bonchev–Trinajstić information content (AvgIpc) is 2.53. The molecule has 3 heteroatoms. The second-order valence-corrected chi connectivity index (χ2v) is 4.96. The minimum atomic E-state index is 0.559. The minimum absolute atomic E-state index is 0.559. The summed E-state index contributed by atoms with van der Waals surface area (Å²) in [6.45, 7) is 1.59. The van der Waals surface area contributed by atoms with Gasteiger partial charge in [0.05, 0.1) is 7.11 Å². The van der Waals surface area contributed by atoms with Crippen molar-refractivity contribution in [2.75, 3.05) is 19.0 Å². The molecular weight excluding hydrogens is 250 g/mol. The Labute approximate surface area is 119 Å². The minimum Gasteiger partial charge on any atom is -0.493 e. The third-order valence-electron chi connectivity index (χ3n) is 3.56. The number of nitrogens with one attached hydrogen (secondary N) is 1. The Balaban J connectivity index is 1.81. The van der Waals surface area contributed by atoms with Crippen molar-refractivity contribution in [3.63, 3.8) is 0 Å². The number of methoxy groups -OCH3 is 1. The van der Waals surface area contributed by atoms with E-state index in [9.17, 15) is 0 Å². The molecule has 0 unspecified atom stereocenters. The van der Waals surface area contributed by atoms with Crippen LogP contribution in [0.1, 0.15) is 17.5 Å².